The fourth-order valence-corrected chi connectivity index (χ4v) is 3.73. The van der Waals surface area contributed by atoms with E-state index in [1.165, 1.54) is 5.56 Å². The van der Waals surface area contributed by atoms with Crippen molar-refractivity contribution in [2.45, 2.75) is 38.5 Å². The highest BCUT2D eigenvalue weighted by Crippen LogP contribution is 2.30. The largest absolute Gasteiger partial charge is 0.399 e. The molecule has 3 N–H and O–H groups in total. The minimum atomic E-state index is -0.0988. The van der Waals surface area contributed by atoms with E-state index in [9.17, 15) is 9.59 Å². The predicted molar refractivity (Wildman–Crippen MR) is 114 cm³/mol. The molecule has 2 aromatic rings. The zero-order valence-electron chi connectivity index (χ0n) is 16.1. The molecule has 2 amide bonds. The molecule has 0 spiro atoms. The van der Waals surface area contributed by atoms with E-state index in [2.05, 4.69) is 17.4 Å². The van der Waals surface area contributed by atoms with Crippen molar-refractivity contribution in [2.24, 2.45) is 0 Å². The Labute approximate surface area is 170 Å². The zero-order valence-corrected chi connectivity index (χ0v) is 16.8. The van der Waals surface area contributed by atoms with Gasteiger partial charge in [0.05, 0.1) is 10.7 Å². The first-order valence-electron chi connectivity index (χ1n) is 9.72. The van der Waals surface area contributed by atoms with E-state index < -0.39 is 0 Å². The van der Waals surface area contributed by atoms with Gasteiger partial charge in [0, 0.05) is 30.8 Å². The van der Waals surface area contributed by atoms with E-state index >= 15 is 0 Å². The van der Waals surface area contributed by atoms with Gasteiger partial charge in [-0.3, -0.25) is 9.59 Å². The van der Waals surface area contributed by atoms with Gasteiger partial charge in [-0.1, -0.05) is 30.7 Å². The number of hydrogen-bond acceptors (Lipinski definition) is 3. The van der Waals surface area contributed by atoms with Crippen LogP contribution in [-0.2, 0) is 4.79 Å². The molecule has 1 saturated heterocycles. The van der Waals surface area contributed by atoms with E-state index in [1.807, 2.05) is 24.0 Å². The molecule has 1 fully saturated rings. The molecule has 3 rings (SSSR count). The number of hydrogen-bond donors (Lipinski definition) is 2. The number of nitrogens with zero attached hydrogens (tertiary/aromatic N) is 1. The molecule has 148 valence electrons. The van der Waals surface area contributed by atoms with Crippen LogP contribution in [0.15, 0.2) is 42.5 Å². The van der Waals surface area contributed by atoms with Crippen LogP contribution in [0.2, 0.25) is 5.02 Å². The molecule has 0 unspecified atom stereocenters. The number of nitrogens with two attached hydrogens (primary N) is 1. The Balaban J connectivity index is 1.64. The van der Waals surface area contributed by atoms with Crippen molar-refractivity contribution >= 4 is 34.8 Å². The van der Waals surface area contributed by atoms with Gasteiger partial charge in [0.2, 0.25) is 5.91 Å². The third kappa shape index (κ3) is 4.84. The van der Waals surface area contributed by atoms with Crippen LogP contribution in [0.3, 0.4) is 0 Å². The lowest BCUT2D eigenvalue weighted by atomic mass is 9.89. The maximum Gasteiger partial charge on any atom is 0.253 e. The molecule has 0 aromatic heterocycles. The van der Waals surface area contributed by atoms with Crippen LogP contribution in [0.1, 0.15) is 54.4 Å². The van der Waals surface area contributed by atoms with Gasteiger partial charge >= 0.3 is 0 Å². The number of rotatable bonds is 5. The van der Waals surface area contributed by atoms with Crippen molar-refractivity contribution in [1.82, 2.24) is 4.90 Å². The molecule has 0 atom stereocenters. The number of nitrogens with one attached hydrogen (secondary N) is 1. The molecule has 0 aliphatic carbocycles. The van der Waals surface area contributed by atoms with Crippen LogP contribution in [0.5, 0.6) is 0 Å². The van der Waals surface area contributed by atoms with E-state index in [0.717, 1.165) is 24.9 Å². The van der Waals surface area contributed by atoms with Crippen LogP contribution >= 0.6 is 11.6 Å². The van der Waals surface area contributed by atoms with Crippen LogP contribution in [0, 0.1) is 0 Å². The first-order valence-corrected chi connectivity index (χ1v) is 10.1. The van der Waals surface area contributed by atoms with Gasteiger partial charge in [-0.2, -0.15) is 0 Å². The fourth-order valence-electron chi connectivity index (χ4n) is 3.56. The normalized spacial score (nSPS) is 14.7. The highest BCUT2D eigenvalue weighted by molar-refractivity contribution is 6.33. The Morgan fingerprint density at radius 1 is 1.14 bits per heavy atom. The second kappa shape index (κ2) is 9.11. The van der Waals surface area contributed by atoms with Crippen molar-refractivity contribution in [3.05, 3.63) is 58.6 Å². The second-order valence-electron chi connectivity index (χ2n) is 7.23. The summed E-state index contributed by atoms with van der Waals surface area (Å²) in [6.07, 6.45) is 3.02. The molecule has 0 bridgehead atoms. The molecule has 2 aromatic carbocycles. The zero-order chi connectivity index (χ0) is 20.1. The van der Waals surface area contributed by atoms with Gasteiger partial charge in [0.25, 0.3) is 5.91 Å². The smallest absolute Gasteiger partial charge is 0.253 e. The minimum absolute atomic E-state index is 0.0292. The fraction of sp³-hybridized carbons (Fsp3) is 0.364. The predicted octanol–water partition coefficient (Wildman–Crippen LogP) is 4.68. The van der Waals surface area contributed by atoms with Gasteiger partial charge < -0.3 is 16.0 Å². The number of benzene rings is 2. The maximum absolute atomic E-state index is 12.9. The standard InChI is InChI=1S/C22H26ClN3O2/c1-2-3-21(27)25-20-14-17(6-9-19(20)23)22(28)26-12-10-16(11-13-26)15-4-7-18(24)8-5-15/h4-9,14,16H,2-3,10-13,24H2,1H3,(H,25,27). The van der Waals surface area contributed by atoms with Crippen molar-refractivity contribution in [3.63, 3.8) is 0 Å². The summed E-state index contributed by atoms with van der Waals surface area (Å²) in [5.41, 5.74) is 8.83. The van der Waals surface area contributed by atoms with Crippen LogP contribution in [0.25, 0.3) is 0 Å². The number of nitrogen functional groups attached to an aromatic ring is 1. The van der Waals surface area contributed by atoms with Gasteiger partial charge in [-0.15, -0.1) is 0 Å². The Bertz CT molecular complexity index is 843. The number of halogens is 1. The summed E-state index contributed by atoms with van der Waals surface area (Å²) >= 11 is 6.18. The molecule has 1 aliphatic rings. The number of piperidine rings is 1. The molecule has 1 heterocycles. The third-order valence-corrected chi connectivity index (χ3v) is 5.48. The molecule has 1 aliphatic heterocycles. The van der Waals surface area contributed by atoms with Crippen molar-refractivity contribution in [1.29, 1.82) is 0 Å². The number of carbonyl (C=O) groups is 2. The molecule has 6 heteroatoms. The quantitative estimate of drug-likeness (QED) is 0.716. The monoisotopic (exact) mass is 399 g/mol. The molecule has 28 heavy (non-hydrogen) atoms. The van der Waals surface area contributed by atoms with Gasteiger partial charge in [-0.25, -0.2) is 0 Å². The van der Waals surface area contributed by atoms with Crippen LogP contribution < -0.4 is 11.1 Å². The summed E-state index contributed by atoms with van der Waals surface area (Å²) in [4.78, 5) is 26.7. The molecular formula is C22H26ClN3O2. The summed E-state index contributed by atoms with van der Waals surface area (Å²) in [6.45, 7) is 3.34. The topological polar surface area (TPSA) is 75.4 Å². The van der Waals surface area contributed by atoms with E-state index in [1.54, 1.807) is 18.2 Å². The minimum Gasteiger partial charge on any atom is -0.399 e. The lowest BCUT2D eigenvalue weighted by Gasteiger charge is -2.32. The molecule has 5 nitrogen and oxygen atoms in total. The first-order chi connectivity index (χ1) is 13.5. The summed E-state index contributed by atoms with van der Waals surface area (Å²) in [7, 11) is 0. The van der Waals surface area contributed by atoms with E-state index in [-0.39, 0.29) is 11.8 Å². The Kier molecular flexibility index (Phi) is 6.57. The van der Waals surface area contributed by atoms with Gasteiger partial charge in [0.1, 0.15) is 0 Å². The molecular weight excluding hydrogens is 374 g/mol. The average molecular weight is 400 g/mol. The van der Waals surface area contributed by atoms with Crippen molar-refractivity contribution in [3.8, 4) is 0 Å². The number of carbonyl (C=O) groups excluding carboxylic acids is 2. The first kappa shape index (κ1) is 20.2. The molecule has 0 saturated carbocycles. The number of amides is 2. The highest BCUT2D eigenvalue weighted by Gasteiger charge is 2.25. The third-order valence-electron chi connectivity index (χ3n) is 5.15. The summed E-state index contributed by atoms with van der Waals surface area (Å²) < 4.78 is 0. The second-order valence-corrected chi connectivity index (χ2v) is 7.63. The summed E-state index contributed by atoms with van der Waals surface area (Å²) in [6, 6.07) is 13.0. The van der Waals surface area contributed by atoms with Crippen molar-refractivity contribution in [2.75, 3.05) is 24.1 Å². The maximum atomic E-state index is 12.9. The number of likely N-dealkylation sites (tertiary alicyclic amines) is 1. The lowest BCUT2D eigenvalue weighted by molar-refractivity contribution is -0.116. The lowest BCUT2D eigenvalue weighted by Crippen LogP contribution is -2.38. The Morgan fingerprint density at radius 2 is 1.82 bits per heavy atom. The average Bonchev–Trinajstić information content (AvgIpc) is 2.70. The SMILES string of the molecule is CCCC(=O)Nc1cc(C(=O)N2CCC(c3ccc(N)cc3)CC2)ccc1Cl. The van der Waals surface area contributed by atoms with Gasteiger partial charge in [-0.05, 0) is 61.1 Å². The van der Waals surface area contributed by atoms with Crippen LogP contribution in [-0.4, -0.2) is 29.8 Å². The molecule has 0 radical (unpaired) electrons. The Hall–Kier alpha value is -2.53. The van der Waals surface area contributed by atoms with Crippen molar-refractivity contribution < 1.29 is 9.59 Å². The Morgan fingerprint density at radius 3 is 2.46 bits per heavy atom. The number of anilines is 2. The van der Waals surface area contributed by atoms with Gasteiger partial charge in [0.15, 0.2) is 0 Å². The van der Waals surface area contributed by atoms with E-state index in [0.29, 0.717) is 41.7 Å². The van der Waals surface area contributed by atoms with Crippen LogP contribution in [0.4, 0.5) is 11.4 Å². The highest BCUT2D eigenvalue weighted by atomic mass is 35.5. The summed E-state index contributed by atoms with van der Waals surface area (Å²) in [5.74, 6) is 0.315. The van der Waals surface area contributed by atoms with E-state index in [4.69, 9.17) is 17.3 Å². The summed E-state index contributed by atoms with van der Waals surface area (Å²) in [5, 5.41) is 3.22.